The van der Waals surface area contributed by atoms with Gasteiger partial charge in [-0.15, -0.1) is 0 Å². The molecule has 0 spiro atoms. The molecule has 2 atom stereocenters. The molecule has 0 aliphatic carbocycles. The van der Waals surface area contributed by atoms with Gasteiger partial charge in [0.1, 0.15) is 6.10 Å². The maximum absolute atomic E-state index is 5.95. The summed E-state index contributed by atoms with van der Waals surface area (Å²) in [4.78, 5) is 0. The maximum atomic E-state index is 5.95. The van der Waals surface area contributed by atoms with Crippen molar-refractivity contribution in [2.75, 3.05) is 13.2 Å². The molecule has 1 aliphatic rings. The molecule has 1 aromatic carbocycles. The first-order valence-electron chi connectivity index (χ1n) is 8.71. The highest BCUT2D eigenvalue weighted by Gasteiger charge is 2.31. The molecule has 6 nitrogen and oxygen atoms in total. The Bertz CT molecular complexity index is 810. The Morgan fingerprint density at radius 1 is 1.12 bits per heavy atom. The summed E-state index contributed by atoms with van der Waals surface area (Å²) in [6, 6.07) is 14.3. The number of rotatable bonds is 6. The van der Waals surface area contributed by atoms with Crippen molar-refractivity contribution in [3.63, 3.8) is 0 Å². The number of nitrogens with zero attached hydrogens (tertiary/aromatic N) is 4. The van der Waals surface area contributed by atoms with Gasteiger partial charge in [0.05, 0.1) is 17.1 Å². The molecule has 3 aromatic rings. The first-order valence-corrected chi connectivity index (χ1v) is 8.71. The molecule has 1 aliphatic heterocycles. The average molecular weight is 337 g/mol. The lowest BCUT2D eigenvalue weighted by atomic mass is 9.99. The Kier molecular flexibility index (Phi) is 4.63. The largest absolute Gasteiger partial charge is 0.372 e. The second-order valence-electron chi connectivity index (χ2n) is 6.42. The molecule has 2 aromatic heterocycles. The molecular formula is C19H23N5O. The van der Waals surface area contributed by atoms with Crippen LogP contribution in [0.4, 0.5) is 0 Å². The summed E-state index contributed by atoms with van der Waals surface area (Å²) in [5, 5.41) is 12.3. The van der Waals surface area contributed by atoms with E-state index in [9.17, 15) is 0 Å². The number of ether oxygens (including phenoxy) is 1. The molecule has 0 radical (unpaired) electrons. The van der Waals surface area contributed by atoms with Gasteiger partial charge in [0, 0.05) is 45.1 Å². The summed E-state index contributed by atoms with van der Waals surface area (Å²) in [5.74, 6) is 0.462. The minimum absolute atomic E-state index is 0.124. The fraction of sp³-hybridized carbons (Fsp3) is 0.368. The van der Waals surface area contributed by atoms with E-state index < -0.39 is 0 Å². The number of hydrogen-bond acceptors (Lipinski definition) is 4. The molecule has 0 saturated carbocycles. The topological polar surface area (TPSA) is 56.9 Å². The molecule has 4 rings (SSSR count). The van der Waals surface area contributed by atoms with E-state index in [2.05, 4.69) is 33.7 Å². The minimum Gasteiger partial charge on any atom is -0.372 e. The Morgan fingerprint density at radius 3 is 2.76 bits per heavy atom. The van der Waals surface area contributed by atoms with E-state index >= 15 is 0 Å². The van der Waals surface area contributed by atoms with Crippen molar-refractivity contribution in [3.05, 3.63) is 66.2 Å². The second-order valence-corrected chi connectivity index (χ2v) is 6.42. The molecule has 25 heavy (non-hydrogen) atoms. The fourth-order valence-corrected chi connectivity index (χ4v) is 3.48. The lowest BCUT2D eigenvalue weighted by Crippen LogP contribution is -2.26. The van der Waals surface area contributed by atoms with E-state index in [4.69, 9.17) is 4.74 Å². The van der Waals surface area contributed by atoms with Gasteiger partial charge in [0.25, 0.3) is 0 Å². The number of hydrogen-bond donors (Lipinski definition) is 1. The molecule has 1 fully saturated rings. The van der Waals surface area contributed by atoms with Crippen molar-refractivity contribution in [1.29, 1.82) is 0 Å². The maximum Gasteiger partial charge on any atom is 0.103 e. The van der Waals surface area contributed by atoms with Crippen molar-refractivity contribution >= 4 is 0 Å². The molecule has 0 unspecified atom stereocenters. The summed E-state index contributed by atoms with van der Waals surface area (Å²) in [6.45, 7) is 2.50. The van der Waals surface area contributed by atoms with Crippen LogP contribution in [0.2, 0.25) is 0 Å². The third-order valence-electron chi connectivity index (χ3n) is 4.80. The molecule has 0 amide bonds. The van der Waals surface area contributed by atoms with Crippen molar-refractivity contribution in [2.24, 2.45) is 13.0 Å². The highest BCUT2D eigenvalue weighted by atomic mass is 16.5. The number of nitrogens with one attached hydrogen (secondary N) is 1. The summed E-state index contributed by atoms with van der Waals surface area (Å²) < 4.78 is 9.85. The fourth-order valence-electron chi connectivity index (χ4n) is 3.48. The van der Waals surface area contributed by atoms with E-state index in [1.807, 2.05) is 53.1 Å². The van der Waals surface area contributed by atoms with Crippen LogP contribution >= 0.6 is 0 Å². The highest BCUT2D eigenvalue weighted by molar-refractivity contribution is 5.32. The zero-order valence-electron chi connectivity index (χ0n) is 14.4. The lowest BCUT2D eigenvalue weighted by Gasteiger charge is -2.19. The van der Waals surface area contributed by atoms with Crippen molar-refractivity contribution in [2.45, 2.75) is 19.1 Å². The third-order valence-corrected chi connectivity index (χ3v) is 4.80. The first kappa shape index (κ1) is 16.1. The van der Waals surface area contributed by atoms with Crippen LogP contribution in [0.25, 0.3) is 5.69 Å². The van der Waals surface area contributed by atoms with Crippen LogP contribution in [-0.4, -0.2) is 32.7 Å². The first-order chi connectivity index (χ1) is 12.3. The third kappa shape index (κ3) is 3.36. The Balaban J connectivity index is 1.39. The van der Waals surface area contributed by atoms with Gasteiger partial charge in [0.2, 0.25) is 0 Å². The number of benzene rings is 1. The lowest BCUT2D eigenvalue weighted by molar-refractivity contribution is 0.0837. The van der Waals surface area contributed by atoms with Crippen LogP contribution in [0, 0.1) is 5.92 Å². The predicted octanol–water partition coefficient (Wildman–Crippen LogP) is 2.47. The van der Waals surface area contributed by atoms with E-state index in [1.54, 1.807) is 0 Å². The molecule has 1 saturated heterocycles. The molecular weight excluding hydrogens is 314 g/mol. The summed E-state index contributed by atoms with van der Waals surface area (Å²) in [6.07, 6.45) is 4.88. The smallest absolute Gasteiger partial charge is 0.103 e. The highest BCUT2D eigenvalue weighted by Crippen LogP contribution is 2.33. The van der Waals surface area contributed by atoms with Gasteiger partial charge in [-0.2, -0.15) is 10.2 Å². The van der Waals surface area contributed by atoms with Gasteiger partial charge in [-0.05, 0) is 30.7 Å². The van der Waals surface area contributed by atoms with Gasteiger partial charge in [0.15, 0.2) is 0 Å². The van der Waals surface area contributed by atoms with Crippen molar-refractivity contribution in [1.82, 2.24) is 24.9 Å². The standard InChI is InChI=1S/C19H23N5O/c1-23-18(8-11-21-23)19-15(9-12-25-19)13-20-14-17-7-10-22-24(17)16-5-3-2-4-6-16/h2-8,10-11,15,19-20H,9,12-14H2,1H3/t15-,19+/m0/s1. The zero-order valence-corrected chi connectivity index (χ0v) is 14.4. The number of aromatic nitrogens is 4. The van der Waals surface area contributed by atoms with Gasteiger partial charge in [-0.25, -0.2) is 4.68 Å². The SMILES string of the molecule is Cn1nccc1[C@@H]1OCC[C@H]1CNCc1ccnn1-c1ccccc1. The van der Waals surface area contributed by atoms with Crippen LogP contribution in [0.15, 0.2) is 54.9 Å². The second kappa shape index (κ2) is 7.21. The molecule has 0 bridgehead atoms. The predicted molar refractivity (Wildman–Crippen MR) is 95.3 cm³/mol. The van der Waals surface area contributed by atoms with E-state index in [-0.39, 0.29) is 6.10 Å². The van der Waals surface area contributed by atoms with Crippen LogP contribution in [-0.2, 0) is 18.3 Å². The molecule has 130 valence electrons. The summed E-state index contributed by atoms with van der Waals surface area (Å²) in [7, 11) is 1.97. The van der Waals surface area contributed by atoms with Crippen LogP contribution in [0.3, 0.4) is 0 Å². The monoisotopic (exact) mass is 337 g/mol. The van der Waals surface area contributed by atoms with Gasteiger partial charge in [-0.3, -0.25) is 4.68 Å². The minimum atomic E-state index is 0.124. The van der Waals surface area contributed by atoms with E-state index in [0.29, 0.717) is 5.92 Å². The number of aryl methyl sites for hydroxylation is 1. The van der Waals surface area contributed by atoms with Crippen LogP contribution in [0.5, 0.6) is 0 Å². The molecule has 3 heterocycles. The Labute approximate surface area is 147 Å². The quantitative estimate of drug-likeness (QED) is 0.751. The van der Waals surface area contributed by atoms with Crippen LogP contribution < -0.4 is 5.32 Å². The normalized spacial score (nSPS) is 20.2. The average Bonchev–Trinajstić information content (AvgIpc) is 3.36. The summed E-state index contributed by atoms with van der Waals surface area (Å²) >= 11 is 0. The Morgan fingerprint density at radius 2 is 1.96 bits per heavy atom. The van der Waals surface area contributed by atoms with Crippen molar-refractivity contribution in [3.8, 4) is 5.69 Å². The van der Waals surface area contributed by atoms with Gasteiger partial charge < -0.3 is 10.1 Å². The number of para-hydroxylation sites is 1. The van der Waals surface area contributed by atoms with Crippen LogP contribution in [0.1, 0.15) is 23.9 Å². The summed E-state index contributed by atoms with van der Waals surface area (Å²) in [5.41, 5.74) is 3.39. The van der Waals surface area contributed by atoms with E-state index in [1.165, 1.54) is 0 Å². The molecule has 6 heteroatoms. The van der Waals surface area contributed by atoms with Gasteiger partial charge >= 0.3 is 0 Å². The van der Waals surface area contributed by atoms with E-state index in [0.717, 1.165) is 43.2 Å². The molecule has 1 N–H and O–H groups in total. The van der Waals surface area contributed by atoms with Crippen molar-refractivity contribution < 1.29 is 4.74 Å². The zero-order chi connectivity index (χ0) is 17.1. The van der Waals surface area contributed by atoms with Gasteiger partial charge in [-0.1, -0.05) is 18.2 Å². The Hall–Kier alpha value is -2.44.